The summed E-state index contributed by atoms with van der Waals surface area (Å²) in [5.74, 6) is 0. The van der Waals surface area contributed by atoms with Crippen LogP contribution >= 0.6 is 0 Å². The molecule has 0 saturated carbocycles. The number of rotatable bonds is 4. The van der Waals surface area contributed by atoms with Gasteiger partial charge in [0.15, 0.2) is 0 Å². The number of hydrogen-bond donors (Lipinski definition) is 0. The average Bonchev–Trinajstić information content (AvgIpc) is 4.04. The normalized spacial score (nSPS) is 15.0. The maximum Gasteiger partial charge on any atom is 0.143 e. The van der Waals surface area contributed by atoms with Crippen LogP contribution in [0.5, 0.6) is 0 Å². The Kier molecular flexibility index (Phi) is 8.57. The average molecular weight is 937 g/mol. The van der Waals surface area contributed by atoms with E-state index in [-0.39, 0.29) is 16.2 Å². The summed E-state index contributed by atoms with van der Waals surface area (Å²) in [7, 11) is 0. The molecular weight excluding hydrogens is 885 g/mol. The molecule has 0 aliphatic heterocycles. The van der Waals surface area contributed by atoms with Crippen LogP contribution in [0.2, 0.25) is 0 Å². The molecular formula is C71H52O2. The highest BCUT2D eigenvalue weighted by Crippen LogP contribution is 2.62. The standard InChI is InChI=1S/C71H52O2/c1-69(2)56-37-36-42(40-57(56)70(3,4)71(69,5)6)61-46-26-12-16-30-50(46)64(51-31-17-13-27-47(51)61)55-39-43-38-54(63-48-28-14-10-24-44(48)60(41-22-8-7-9-23-41)45-25-11-15-29-49(45)63)67-65(52-32-18-20-34-58(52)72-67)62(43)66-53-33-19-21-35-59(53)73-68(55)66/h7-40H,1-6H3. The highest BCUT2D eigenvalue weighted by molar-refractivity contribution is 6.37. The zero-order valence-electron chi connectivity index (χ0n) is 41.9. The molecule has 0 saturated heterocycles. The first-order chi connectivity index (χ1) is 35.5. The third-order valence-electron chi connectivity index (χ3n) is 18.3. The van der Waals surface area contributed by atoms with E-state index in [1.807, 2.05) is 0 Å². The molecule has 0 radical (unpaired) electrons. The minimum Gasteiger partial charge on any atom is -0.455 e. The van der Waals surface area contributed by atoms with Gasteiger partial charge < -0.3 is 8.83 Å². The first-order valence-corrected chi connectivity index (χ1v) is 25.8. The topological polar surface area (TPSA) is 26.3 Å². The predicted molar refractivity (Wildman–Crippen MR) is 310 cm³/mol. The molecule has 1 aliphatic carbocycles. The Labute approximate surface area is 424 Å². The molecule has 0 bridgehead atoms. The largest absolute Gasteiger partial charge is 0.455 e. The first kappa shape index (κ1) is 42.2. The minimum atomic E-state index is -0.0293. The van der Waals surface area contributed by atoms with Gasteiger partial charge in [-0.1, -0.05) is 224 Å². The zero-order valence-corrected chi connectivity index (χ0v) is 41.9. The zero-order chi connectivity index (χ0) is 49.1. The van der Waals surface area contributed by atoms with Crippen LogP contribution in [-0.4, -0.2) is 0 Å². The molecule has 73 heavy (non-hydrogen) atoms. The lowest BCUT2D eigenvalue weighted by Crippen LogP contribution is -2.42. The van der Waals surface area contributed by atoms with Gasteiger partial charge in [0.25, 0.3) is 0 Å². The van der Waals surface area contributed by atoms with Crippen LogP contribution in [0.1, 0.15) is 52.7 Å². The summed E-state index contributed by atoms with van der Waals surface area (Å²) < 4.78 is 14.5. The van der Waals surface area contributed by atoms with Gasteiger partial charge in [-0.05, 0) is 122 Å². The molecule has 348 valence electrons. The van der Waals surface area contributed by atoms with E-state index in [0.717, 1.165) is 65.8 Å². The van der Waals surface area contributed by atoms with E-state index >= 15 is 0 Å². The van der Waals surface area contributed by atoms with E-state index < -0.39 is 0 Å². The van der Waals surface area contributed by atoms with Gasteiger partial charge in [0.2, 0.25) is 0 Å². The van der Waals surface area contributed by atoms with Crippen molar-refractivity contribution in [1.82, 2.24) is 0 Å². The Balaban J connectivity index is 1.10. The fourth-order valence-corrected chi connectivity index (χ4v) is 13.7. The first-order valence-electron chi connectivity index (χ1n) is 25.8. The van der Waals surface area contributed by atoms with Crippen LogP contribution in [0.25, 0.3) is 142 Å². The molecule has 0 fully saturated rings. The van der Waals surface area contributed by atoms with Gasteiger partial charge in [-0.25, -0.2) is 0 Å². The maximum atomic E-state index is 7.26. The second kappa shape index (κ2) is 14.8. The molecule has 2 aromatic heterocycles. The van der Waals surface area contributed by atoms with Crippen LogP contribution in [0.4, 0.5) is 0 Å². The molecule has 0 atom stereocenters. The molecule has 2 nitrogen and oxygen atoms in total. The highest BCUT2D eigenvalue weighted by atomic mass is 16.3. The summed E-state index contributed by atoms with van der Waals surface area (Å²) in [5, 5.41) is 16.3. The van der Waals surface area contributed by atoms with Gasteiger partial charge in [0, 0.05) is 49.2 Å². The van der Waals surface area contributed by atoms with Crippen molar-refractivity contribution in [2.75, 3.05) is 0 Å². The summed E-state index contributed by atoms with van der Waals surface area (Å²) in [4.78, 5) is 0. The number of furan rings is 2. The lowest BCUT2D eigenvalue weighted by molar-refractivity contribution is 0.125. The fraction of sp³-hybridized carbons (Fsp3) is 0.127. The molecule has 14 aromatic rings. The van der Waals surface area contributed by atoms with Gasteiger partial charge in [-0.2, -0.15) is 0 Å². The highest BCUT2D eigenvalue weighted by Gasteiger charge is 2.56. The Morgan fingerprint density at radius 3 is 1.08 bits per heavy atom. The van der Waals surface area contributed by atoms with Crippen LogP contribution in [-0.2, 0) is 10.8 Å². The van der Waals surface area contributed by atoms with Gasteiger partial charge >= 0.3 is 0 Å². The third kappa shape index (κ3) is 5.53. The SMILES string of the molecule is CC1(C)c2ccc(-c3c4ccccc4c(-c4cc5cc(-c6c7ccccc7c(-c7ccccc7)c7ccccc67)c6oc7ccccc7c6c5c5c4oc4ccccc45)c4ccccc34)cc2C(C)(C)C1(C)C. The van der Waals surface area contributed by atoms with E-state index in [1.165, 1.54) is 87.6 Å². The third-order valence-corrected chi connectivity index (χ3v) is 18.3. The Hall–Kier alpha value is -8.46. The number of benzene rings is 12. The van der Waals surface area contributed by atoms with Gasteiger partial charge in [-0.3, -0.25) is 0 Å². The summed E-state index contributed by atoms with van der Waals surface area (Å²) in [5.41, 5.74) is 15.9. The van der Waals surface area contributed by atoms with E-state index in [0.29, 0.717) is 0 Å². The van der Waals surface area contributed by atoms with Crippen molar-refractivity contribution in [3.05, 3.63) is 217 Å². The molecule has 12 aromatic carbocycles. The van der Waals surface area contributed by atoms with E-state index in [4.69, 9.17) is 8.83 Å². The quantitative estimate of drug-likeness (QED) is 0.164. The molecule has 15 rings (SSSR count). The number of para-hydroxylation sites is 2. The monoisotopic (exact) mass is 936 g/mol. The van der Waals surface area contributed by atoms with E-state index in [1.54, 1.807) is 0 Å². The van der Waals surface area contributed by atoms with Crippen molar-refractivity contribution in [3.8, 4) is 44.5 Å². The summed E-state index contributed by atoms with van der Waals surface area (Å²) in [6, 6.07) is 76.2. The second-order valence-electron chi connectivity index (χ2n) is 22.2. The van der Waals surface area contributed by atoms with Crippen molar-refractivity contribution in [2.45, 2.75) is 52.4 Å². The molecule has 0 unspecified atom stereocenters. The lowest BCUT2D eigenvalue weighted by atomic mass is 9.59. The van der Waals surface area contributed by atoms with Crippen molar-refractivity contribution in [1.29, 1.82) is 0 Å². The molecule has 0 amide bonds. The lowest BCUT2D eigenvalue weighted by Gasteiger charge is -2.44. The Bertz CT molecular complexity index is 4580. The number of hydrogen-bond acceptors (Lipinski definition) is 2. The Morgan fingerprint density at radius 1 is 0.288 bits per heavy atom. The van der Waals surface area contributed by atoms with Gasteiger partial charge in [0.05, 0.1) is 0 Å². The Morgan fingerprint density at radius 2 is 0.644 bits per heavy atom. The van der Waals surface area contributed by atoms with Crippen LogP contribution in [0, 0.1) is 5.41 Å². The van der Waals surface area contributed by atoms with Gasteiger partial charge in [-0.15, -0.1) is 0 Å². The fourth-order valence-electron chi connectivity index (χ4n) is 13.7. The van der Waals surface area contributed by atoms with Crippen molar-refractivity contribution in [2.24, 2.45) is 5.41 Å². The van der Waals surface area contributed by atoms with Crippen LogP contribution in [0.15, 0.2) is 215 Å². The van der Waals surface area contributed by atoms with Crippen LogP contribution < -0.4 is 0 Å². The molecule has 1 aliphatic rings. The molecule has 2 heterocycles. The summed E-state index contributed by atoms with van der Waals surface area (Å²) >= 11 is 0. The predicted octanol–water partition coefficient (Wildman–Crippen LogP) is 20.5. The smallest absolute Gasteiger partial charge is 0.143 e. The van der Waals surface area contributed by atoms with E-state index in [9.17, 15) is 0 Å². The molecule has 0 N–H and O–H groups in total. The summed E-state index contributed by atoms with van der Waals surface area (Å²) in [6.45, 7) is 14.6. The molecule has 0 spiro atoms. The van der Waals surface area contributed by atoms with Gasteiger partial charge in [0.1, 0.15) is 22.3 Å². The second-order valence-corrected chi connectivity index (χ2v) is 22.2. The van der Waals surface area contributed by atoms with E-state index in [2.05, 4.69) is 248 Å². The summed E-state index contributed by atoms with van der Waals surface area (Å²) in [6.07, 6.45) is 0. The van der Waals surface area contributed by atoms with Crippen LogP contribution in [0.3, 0.4) is 0 Å². The van der Waals surface area contributed by atoms with Crippen molar-refractivity contribution in [3.63, 3.8) is 0 Å². The maximum absolute atomic E-state index is 7.26. The van der Waals surface area contributed by atoms with Crippen molar-refractivity contribution < 1.29 is 8.83 Å². The van der Waals surface area contributed by atoms with Crippen molar-refractivity contribution >= 4 is 97.7 Å². The number of fused-ring (bicyclic) bond motifs is 14. The molecule has 2 heteroatoms. The minimum absolute atomic E-state index is 0.0202.